The molecule has 0 aliphatic carbocycles. The molecule has 0 aliphatic rings. The summed E-state index contributed by atoms with van der Waals surface area (Å²) in [6.45, 7) is 3.45. The van der Waals surface area contributed by atoms with E-state index in [1.54, 1.807) is 62.4 Å². The van der Waals surface area contributed by atoms with Crippen LogP contribution in [0.25, 0.3) is 0 Å². The van der Waals surface area contributed by atoms with Gasteiger partial charge in [-0.05, 0) is 0 Å². The zero-order chi connectivity index (χ0) is 17.3. The molecule has 2 aromatic rings. The summed E-state index contributed by atoms with van der Waals surface area (Å²) >= 11 is -3.28. The van der Waals surface area contributed by atoms with E-state index >= 15 is 0 Å². The minimum atomic E-state index is -5.66. The fraction of sp³-hybridized carbons (Fsp3) is 0.200. The van der Waals surface area contributed by atoms with E-state index in [-0.39, 0.29) is 0 Å². The molecule has 0 saturated carbocycles. The van der Waals surface area contributed by atoms with Crippen molar-refractivity contribution in [2.24, 2.45) is 0 Å². The Morgan fingerprint density at radius 2 is 1.26 bits per heavy atom. The molecule has 0 amide bonds. The number of hydrogen-bond donors (Lipinski definition) is 0. The van der Waals surface area contributed by atoms with Crippen molar-refractivity contribution in [3.8, 4) is 0 Å². The van der Waals surface area contributed by atoms with Gasteiger partial charge in [0.15, 0.2) is 0 Å². The first-order valence-corrected chi connectivity index (χ1v) is 10.9. The summed E-state index contributed by atoms with van der Waals surface area (Å²) in [6, 6.07) is 13.5. The van der Waals surface area contributed by atoms with Crippen molar-refractivity contribution in [2.75, 3.05) is 0 Å². The molecule has 8 heteroatoms. The van der Waals surface area contributed by atoms with Crippen LogP contribution in [0.5, 0.6) is 0 Å². The summed E-state index contributed by atoms with van der Waals surface area (Å²) in [4.78, 5) is 0. The third kappa shape index (κ3) is 4.04. The molecule has 0 N–H and O–H groups in total. The second-order valence-corrected chi connectivity index (χ2v) is 11.0. The van der Waals surface area contributed by atoms with Gasteiger partial charge in [0.1, 0.15) is 0 Å². The second kappa shape index (κ2) is 6.78. The van der Waals surface area contributed by atoms with Crippen molar-refractivity contribution in [1.29, 1.82) is 0 Å². The van der Waals surface area contributed by atoms with Crippen molar-refractivity contribution in [2.45, 2.75) is 19.4 Å². The molecule has 0 spiro atoms. The number of rotatable bonds is 4. The van der Waals surface area contributed by atoms with Crippen molar-refractivity contribution in [3.63, 3.8) is 0 Å². The average molecular weight is 458 g/mol. The maximum absolute atomic E-state index is 12.7. The molecule has 0 aromatic heterocycles. The molecular formula is C15H14F3IO3S. The van der Waals surface area contributed by atoms with Gasteiger partial charge in [-0.25, -0.2) is 0 Å². The molecule has 2 rings (SSSR count). The Morgan fingerprint density at radius 1 is 0.870 bits per heavy atom. The molecule has 0 aliphatic heterocycles. The van der Waals surface area contributed by atoms with Gasteiger partial charge >= 0.3 is 141 Å². The Balaban J connectivity index is 2.59. The van der Waals surface area contributed by atoms with Crippen LogP contribution in [0.1, 0.15) is 11.1 Å². The molecule has 126 valence electrons. The van der Waals surface area contributed by atoms with E-state index in [1.807, 2.05) is 0 Å². The number of hydrogen-bond acceptors (Lipinski definition) is 3. The number of benzene rings is 2. The van der Waals surface area contributed by atoms with Gasteiger partial charge < -0.3 is 0 Å². The van der Waals surface area contributed by atoms with Gasteiger partial charge in [-0.1, -0.05) is 0 Å². The topological polar surface area (TPSA) is 43.4 Å². The first-order valence-electron chi connectivity index (χ1n) is 6.46. The van der Waals surface area contributed by atoms with E-state index in [4.69, 9.17) is 2.51 Å². The van der Waals surface area contributed by atoms with Gasteiger partial charge in [0.25, 0.3) is 0 Å². The Morgan fingerprint density at radius 3 is 1.61 bits per heavy atom. The van der Waals surface area contributed by atoms with Crippen LogP contribution in [-0.2, 0) is 12.6 Å². The first-order chi connectivity index (χ1) is 10.6. The van der Waals surface area contributed by atoms with Gasteiger partial charge in [-0.2, -0.15) is 0 Å². The molecular weight excluding hydrogens is 444 g/mol. The summed E-state index contributed by atoms with van der Waals surface area (Å²) in [5, 5.41) is 0. The summed E-state index contributed by atoms with van der Waals surface area (Å²) in [7, 11) is -5.66. The van der Waals surface area contributed by atoms with E-state index in [0.29, 0.717) is 18.3 Å². The standard InChI is InChI=1S/C15H14F3IO3S/c1-11-7-3-5-9-13(11)19(14-10-6-4-8-12(14)2)22-23(20,21)15(16,17)18/h3-10H,1-2H3. The van der Waals surface area contributed by atoms with E-state index in [9.17, 15) is 21.6 Å². The Bertz CT molecular complexity index is 758. The third-order valence-corrected chi connectivity index (χ3v) is 10.8. The van der Waals surface area contributed by atoms with Crippen LogP contribution < -0.4 is 0 Å². The van der Waals surface area contributed by atoms with Crippen LogP contribution in [0.2, 0.25) is 0 Å². The average Bonchev–Trinajstić information content (AvgIpc) is 2.45. The van der Waals surface area contributed by atoms with Gasteiger partial charge in [-0.3, -0.25) is 0 Å². The van der Waals surface area contributed by atoms with Gasteiger partial charge in [0.2, 0.25) is 0 Å². The normalized spacial score (nSPS) is 13.0. The van der Waals surface area contributed by atoms with Crippen LogP contribution in [0.3, 0.4) is 0 Å². The van der Waals surface area contributed by atoms with Crippen molar-refractivity contribution < 1.29 is 24.1 Å². The summed E-state index contributed by atoms with van der Waals surface area (Å²) < 4.78 is 67.1. The quantitative estimate of drug-likeness (QED) is 0.496. The van der Waals surface area contributed by atoms with Gasteiger partial charge in [-0.15, -0.1) is 0 Å². The molecule has 0 unspecified atom stereocenters. The van der Waals surface area contributed by atoms with Crippen molar-refractivity contribution in [3.05, 3.63) is 66.8 Å². The summed E-state index contributed by atoms with van der Waals surface area (Å²) in [6.07, 6.45) is 0. The van der Waals surface area contributed by atoms with E-state index in [0.717, 1.165) is 0 Å². The Labute approximate surface area is 140 Å². The van der Waals surface area contributed by atoms with Crippen molar-refractivity contribution >= 4 is 30.4 Å². The number of alkyl halides is 3. The Hall–Kier alpha value is -1.13. The second-order valence-electron chi connectivity index (χ2n) is 4.71. The minimum absolute atomic E-state index is 0.527. The molecule has 0 bridgehead atoms. The SMILES string of the molecule is Cc1ccccc1I(OS(=O)(=O)C(F)(F)F)c1ccccc1C. The monoisotopic (exact) mass is 458 g/mol. The van der Waals surface area contributed by atoms with Crippen molar-refractivity contribution in [1.82, 2.24) is 0 Å². The predicted octanol–water partition coefficient (Wildman–Crippen LogP) is 4.63. The number of halogens is 4. The van der Waals surface area contributed by atoms with Crippen LogP contribution >= 0.6 is 20.2 Å². The van der Waals surface area contributed by atoms with E-state index in [1.165, 1.54) is 0 Å². The molecule has 0 fully saturated rings. The molecule has 0 radical (unpaired) electrons. The molecule has 23 heavy (non-hydrogen) atoms. The van der Waals surface area contributed by atoms with Crippen LogP contribution in [0.4, 0.5) is 13.2 Å². The van der Waals surface area contributed by atoms with Gasteiger partial charge in [0.05, 0.1) is 0 Å². The molecule has 0 saturated heterocycles. The van der Waals surface area contributed by atoms with Crippen LogP contribution in [0, 0.1) is 21.0 Å². The predicted molar refractivity (Wildman–Crippen MR) is 89.8 cm³/mol. The Kier molecular flexibility index (Phi) is 5.37. The zero-order valence-corrected chi connectivity index (χ0v) is 15.2. The van der Waals surface area contributed by atoms with E-state index in [2.05, 4.69) is 0 Å². The summed E-state index contributed by atoms with van der Waals surface area (Å²) in [5.74, 6) is 0. The molecule has 3 nitrogen and oxygen atoms in total. The fourth-order valence-corrected chi connectivity index (χ4v) is 8.95. The first kappa shape index (κ1) is 18.2. The summed E-state index contributed by atoms with van der Waals surface area (Å²) in [5.41, 5.74) is -4.02. The molecule has 0 heterocycles. The molecule has 0 atom stereocenters. The third-order valence-electron chi connectivity index (χ3n) is 2.95. The van der Waals surface area contributed by atoms with Crippen LogP contribution in [0.15, 0.2) is 48.5 Å². The fourth-order valence-electron chi connectivity index (χ4n) is 1.78. The van der Waals surface area contributed by atoms with Crippen LogP contribution in [-0.4, -0.2) is 13.9 Å². The number of aryl methyl sites for hydroxylation is 2. The zero-order valence-electron chi connectivity index (χ0n) is 12.3. The van der Waals surface area contributed by atoms with Gasteiger partial charge in [0, 0.05) is 0 Å². The van der Waals surface area contributed by atoms with E-state index < -0.39 is 35.9 Å². The molecule has 2 aromatic carbocycles. The maximum atomic E-state index is 12.7.